The first-order valence-electron chi connectivity index (χ1n) is 6.48. The lowest BCUT2D eigenvalue weighted by molar-refractivity contribution is 0.140. The summed E-state index contributed by atoms with van der Waals surface area (Å²) in [5, 5.41) is 8.61. The van der Waals surface area contributed by atoms with Crippen molar-refractivity contribution < 1.29 is 14.2 Å². The van der Waals surface area contributed by atoms with E-state index < -0.39 is 0 Å². The van der Waals surface area contributed by atoms with Crippen molar-refractivity contribution in [2.75, 3.05) is 32.9 Å². The summed E-state index contributed by atoms with van der Waals surface area (Å²) in [6.45, 7) is 3.66. The van der Waals surface area contributed by atoms with Crippen LogP contribution in [0.5, 0.6) is 0 Å². The van der Waals surface area contributed by atoms with Crippen molar-refractivity contribution in [1.82, 2.24) is 4.90 Å². The van der Waals surface area contributed by atoms with Gasteiger partial charge in [-0.05, 0) is 18.6 Å². The van der Waals surface area contributed by atoms with Crippen LogP contribution in [0.3, 0.4) is 0 Å². The van der Waals surface area contributed by atoms with Crippen molar-refractivity contribution in [3.05, 3.63) is 35.1 Å². The van der Waals surface area contributed by atoms with Gasteiger partial charge in [-0.15, -0.1) is 0 Å². The maximum absolute atomic E-state index is 13.9. The molecule has 0 radical (unpaired) electrons. The van der Waals surface area contributed by atoms with Crippen molar-refractivity contribution in [3.63, 3.8) is 0 Å². The Hall–Kier alpha value is -1.41. The Labute approximate surface area is 113 Å². The van der Waals surface area contributed by atoms with Crippen LogP contribution in [0.15, 0.2) is 18.2 Å². The minimum absolute atomic E-state index is 0.211. The molecule has 0 amide bonds. The molecule has 0 spiro atoms. The van der Waals surface area contributed by atoms with Crippen molar-refractivity contribution >= 4 is 0 Å². The molecule has 0 aliphatic carbocycles. The Balaban J connectivity index is 2.03. The van der Waals surface area contributed by atoms with Crippen molar-refractivity contribution in [3.8, 4) is 11.8 Å². The van der Waals surface area contributed by atoms with Crippen molar-refractivity contribution in [1.29, 1.82) is 0 Å². The van der Waals surface area contributed by atoms with Gasteiger partial charge in [0, 0.05) is 37.4 Å². The molecule has 1 fully saturated rings. The second-order valence-corrected chi connectivity index (χ2v) is 4.51. The van der Waals surface area contributed by atoms with E-state index in [1.165, 1.54) is 6.07 Å². The third kappa shape index (κ3) is 4.32. The molecule has 1 aliphatic rings. The van der Waals surface area contributed by atoms with Crippen molar-refractivity contribution in [2.24, 2.45) is 0 Å². The molecular formula is C15H18FNO2. The Kier molecular flexibility index (Phi) is 5.34. The molecule has 0 bridgehead atoms. The molecule has 2 rings (SSSR count). The van der Waals surface area contributed by atoms with E-state index in [0.717, 1.165) is 26.1 Å². The molecule has 1 aromatic carbocycles. The lowest BCUT2D eigenvalue weighted by atomic mass is 10.1. The third-order valence-electron chi connectivity index (χ3n) is 3.07. The van der Waals surface area contributed by atoms with Gasteiger partial charge < -0.3 is 9.84 Å². The second-order valence-electron chi connectivity index (χ2n) is 4.51. The minimum atomic E-state index is -0.241. The highest BCUT2D eigenvalue weighted by atomic mass is 19.1. The minimum Gasteiger partial charge on any atom is -0.384 e. The lowest BCUT2D eigenvalue weighted by Crippen LogP contribution is -2.26. The van der Waals surface area contributed by atoms with E-state index in [9.17, 15) is 4.39 Å². The number of halogens is 1. The van der Waals surface area contributed by atoms with Crippen LogP contribution in [0.25, 0.3) is 0 Å². The Morgan fingerprint density at radius 3 is 3.00 bits per heavy atom. The third-order valence-corrected chi connectivity index (χ3v) is 3.07. The predicted molar refractivity (Wildman–Crippen MR) is 71.1 cm³/mol. The van der Waals surface area contributed by atoms with Gasteiger partial charge >= 0.3 is 0 Å². The maximum atomic E-state index is 13.9. The molecule has 1 N–H and O–H groups in total. The molecule has 3 nitrogen and oxygen atoms in total. The monoisotopic (exact) mass is 263 g/mol. The first-order chi connectivity index (χ1) is 9.29. The Morgan fingerprint density at radius 1 is 1.32 bits per heavy atom. The number of hydrogen-bond donors (Lipinski definition) is 1. The summed E-state index contributed by atoms with van der Waals surface area (Å²) in [5.41, 5.74) is 1.27. The zero-order valence-corrected chi connectivity index (χ0v) is 10.9. The standard InChI is InChI=1S/C15H18FNO2/c16-15-11-13(3-1-8-18)4-5-14(15)12-17-6-2-9-19-10-7-17/h4-5,11,18H,2,6-10,12H2. The van der Waals surface area contributed by atoms with Gasteiger partial charge in [-0.3, -0.25) is 4.90 Å². The summed E-state index contributed by atoms with van der Waals surface area (Å²) in [4.78, 5) is 2.20. The number of aliphatic hydroxyl groups excluding tert-OH is 1. The number of nitrogens with zero attached hydrogens (tertiary/aromatic N) is 1. The van der Waals surface area contributed by atoms with Gasteiger partial charge in [-0.2, -0.15) is 0 Å². The van der Waals surface area contributed by atoms with E-state index in [4.69, 9.17) is 9.84 Å². The highest BCUT2D eigenvalue weighted by molar-refractivity contribution is 5.37. The number of ether oxygens (including phenoxy) is 1. The smallest absolute Gasteiger partial charge is 0.128 e. The summed E-state index contributed by atoms with van der Waals surface area (Å²) in [5.74, 6) is 4.97. The highest BCUT2D eigenvalue weighted by Crippen LogP contribution is 2.13. The summed E-state index contributed by atoms with van der Waals surface area (Å²) in [7, 11) is 0. The molecule has 0 unspecified atom stereocenters. The largest absolute Gasteiger partial charge is 0.384 e. The van der Waals surface area contributed by atoms with Crippen LogP contribution >= 0.6 is 0 Å². The van der Waals surface area contributed by atoms with E-state index in [1.54, 1.807) is 12.1 Å². The van der Waals surface area contributed by atoms with Crippen LogP contribution in [0.4, 0.5) is 4.39 Å². The van der Waals surface area contributed by atoms with Crippen LogP contribution < -0.4 is 0 Å². The van der Waals surface area contributed by atoms with E-state index in [2.05, 4.69) is 16.7 Å². The van der Waals surface area contributed by atoms with Crippen LogP contribution in [-0.4, -0.2) is 42.9 Å². The Morgan fingerprint density at radius 2 is 2.21 bits per heavy atom. The molecule has 1 saturated heterocycles. The normalized spacial score (nSPS) is 16.5. The summed E-state index contributed by atoms with van der Waals surface area (Å²) < 4.78 is 19.3. The van der Waals surface area contributed by atoms with Gasteiger partial charge in [0.1, 0.15) is 12.4 Å². The van der Waals surface area contributed by atoms with E-state index in [-0.39, 0.29) is 12.4 Å². The summed E-state index contributed by atoms with van der Waals surface area (Å²) in [6, 6.07) is 4.98. The van der Waals surface area contributed by atoms with E-state index >= 15 is 0 Å². The molecule has 0 aromatic heterocycles. The van der Waals surface area contributed by atoms with Crippen LogP contribution in [-0.2, 0) is 11.3 Å². The zero-order valence-electron chi connectivity index (χ0n) is 10.9. The summed E-state index contributed by atoms with van der Waals surface area (Å²) in [6.07, 6.45) is 0.988. The first-order valence-corrected chi connectivity index (χ1v) is 6.48. The van der Waals surface area contributed by atoms with Crippen LogP contribution in [0.2, 0.25) is 0 Å². The van der Waals surface area contributed by atoms with Gasteiger partial charge in [0.25, 0.3) is 0 Å². The van der Waals surface area contributed by atoms with Gasteiger partial charge in [0.2, 0.25) is 0 Å². The van der Waals surface area contributed by atoms with Crippen molar-refractivity contribution in [2.45, 2.75) is 13.0 Å². The quantitative estimate of drug-likeness (QED) is 0.819. The zero-order chi connectivity index (χ0) is 13.5. The van der Waals surface area contributed by atoms with Crippen LogP contribution in [0, 0.1) is 17.7 Å². The van der Waals surface area contributed by atoms with E-state index in [1.807, 2.05) is 0 Å². The molecule has 1 aliphatic heterocycles. The molecule has 1 aromatic rings. The molecule has 0 saturated carbocycles. The molecule has 1 heterocycles. The second kappa shape index (κ2) is 7.25. The van der Waals surface area contributed by atoms with E-state index in [0.29, 0.717) is 24.3 Å². The maximum Gasteiger partial charge on any atom is 0.128 e. The summed E-state index contributed by atoms with van der Waals surface area (Å²) >= 11 is 0. The first kappa shape index (κ1) is 14.0. The van der Waals surface area contributed by atoms with Gasteiger partial charge in [0.15, 0.2) is 0 Å². The molecule has 4 heteroatoms. The fourth-order valence-corrected chi connectivity index (χ4v) is 2.09. The van der Waals surface area contributed by atoms with Gasteiger partial charge in [-0.25, -0.2) is 4.39 Å². The molecule has 102 valence electrons. The SMILES string of the molecule is OCC#Cc1ccc(CN2CCCOCC2)c(F)c1. The molecule has 19 heavy (non-hydrogen) atoms. The number of rotatable bonds is 2. The fourth-order valence-electron chi connectivity index (χ4n) is 2.09. The topological polar surface area (TPSA) is 32.7 Å². The molecular weight excluding hydrogens is 245 g/mol. The van der Waals surface area contributed by atoms with Gasteiger partial charge in [-0.1, -0.05) is 17.9 Å². The fraction of sp³-hybridized carbons (Fsp3) is 0.467. The van der Waals surface area contributed by atoms with Crippen LogP contribution in [0.1, 0.15) is 17.5 Å². The average molecular weight is 263 g/mol. The number of aliphatic hydroxyl groups is 1. The highest BCUT2D eigenvalue weighted by Gasteiger charge is 2.12. The lowest BCUT2D eigenvalue weighted by Gasteiger charge is -2.19. The number of hydrogen-bond acceptors (Lipinski definition) is 3. The average Bonchev–Trinajstić information content (AvgIpc) is 2.68. The number of benzene rings is 1. The molecule has 0 atom stereocenters. The predicted octanol–water partition coefficient (Wildman–Crippen LogP) is 1.39. The Bertz CT molecular complexity index is 471. The van der Waals surface area contributed by atoms with Gasteiger partial charge in [0.05, 0.1) is 6.61 Å².